The van der Waals surface area contributed by atoms with Crippen LogP contribution in [0.5, 0.6) is 0 Å². The predicted molar refractivity (Wildman–Crippen MR) is 225 cm³/mol. The Balaban J connectivity index is 0.00000397. The summed E-state index contributed by atoms with van der Waals surface area (Å²) in [6, 6.07) is 6.99. The molecule has 2 aliphatic rings. The van der Waals surface area contributed by atoms with E-state index in [1.165, 1.54) is 24.3 Å². The molecule has 0 amide bonds. The minimum absolute atomic E-state index is 0. The third kappa shape index (κ3) is 18.9. The summed E-state index contributed by atoms with van der Waals surface area (Å²) in [5.74, 6) is -2.16. The molecule has 6 rings (SSSR count). The van der Waals surface area contributed by atoms with Crippen molar-refractivity contribution in [3.05, 3.63) is 47.5 Å². The summed E-state index contributed by atoms with van der Waals surface area (Å²) in [7, 11) is -19.6. The standard InChI is InChI=1S/C34H44N12O14S4.4Na/c47-19-21-7-11-45(17-21)33-41-29(35-9-13-61(49,50)51)39-31(43-33)37-25-5-3-23(27(15-25)63(55,56)57)1-2-24-4-6-26(16-28(24)64(58,59)60)38-32-40-30(36-10-14-62(52,53)54)42-34(44-32)46-12-8-22(18-46)20-48;;;;/h1-6,15-16,21-22,47-48H,7-14,17-20H2,(H,49,50,51)(H,52,53,54)(H,55,56,57)(H,58,59,60)(H2,35,37,39,41,43)(H2,36,38,40,42,44);;;;/q;4*+1/p-4/b2-1+;;;;. The van der Waals surface area contributed by atoms with Crippen LogP contribution in [0.25, 0.3) is 12.2 Å². The number of rotatable bonds is 20. The number of hydrogen-bond donors (Lipinski definition) is 6. The topological polar surface area (TPSA) is 401 Å². The number of anilines is 8. The number of aliphatic hydroxyl groups is 2. The molecule has 0 spiro atoms. The molecule has 2 fully saturated rings. The van der Waals surface area contributed by atoms with Crippen molar-refractivity contribution in [2.75, 3.05) is 95.1 Å². The van der Waals surface area contributed by atoms with Gasteiger partial charge in [-0.2, -0.15) is 29.9 Å². The van der Waals surface area contributed by atoms with Gasteiger partial charge in [0.15, 0.2) is 0 Å². The Morgan fingerprint density at radius 2 is 0.912 bits per heavy atom. The van der Waals surface area contributed by atoms with Crippen molar-refractivity contribution >= 4 is 99.7 Å². The van der Waals surface area contributed by atoms with Crippen molar-refractivity contribution < 1.29 is 180 Å². The van der Waals surface area contributed by atoms with Gasteiger partial charge in [-0.15, -0.1) is 0 Å². The largest absolute Gasteiger partial charge is 1.00 e. The molecule has 0 bridgehead atoms. The van der Waals surface area contributed by atoms with Crippen LogP contribution in [-0.4, -0.2) is 156 Å². The molecule has 2 aromatic heterocycles. The Hall–Kier alpha value is -1.44. The molecule has 4 aromatic rings. The first-order chi connectivity index (χ1) is 30.0. The first-order valence-corrected chi connectivity index (χ1v) is 25.0. The van der Waals surface area contributed by atoms with Crippen molar-refractivity contribution in [1.82, 2.24) is 29.9 Å². The monoisotopic (exact) mass is 1060 g/mol. The predicted octanol–water partition coefficient (Wildman–Crippen LogP) is -12.9. The van der Waals surface area contributed by atoms with Crippen LogP contribution in [0.4, 0.5) is 47.1 Å². The van der Waals surface area contributed by atoms with E-state index in [1.807, 2.05) is 0 Å². The summed E-state index contributed by atoms with van der Waals surface area (Å²) < 4.78 is 142. The molecule has 2 atom stereocenters. The van der Waals surface area contributed by atoms with Gasteiger partial charge in [-0.25, -0.2) is 33.7 Å². The number of benzene rings is 2. The second-order valence-electron chi connectivity index (χ2n) is 14.5. The molecule has 68 heavy (non-hydrogen) atoms. The zero-order chi connectivity index (χ0) is 46.5. The molecule has 348 valence electrons. The second kappa shape index (κ2) is 27.0. The van der Waals surface area contributed by atoms with Gasteiger partial charge in [0, 0.05) is 75.7 Å². The molecule has 2 saturated heterocycles. The molecule has 4 heterocycles. The zero-order valence-corrected chi connectivity index (χ0v) is 48.5. The maximum absolute atomic E-state index is 12.5. The van der Waals surface area contributed by atoms with E-state index < -0.39 is 61.8 Å². The number of nitrogens with one attached hydrogen (secondary N) is 4. The van der Waals surface area contributed by atoms with Gasteiger partial charge in [0.05, 0.1) is 41.5 Å². The van der Waals surface area contributed by atoms with E-state index in [9.17, 15) is 62.1 Å². The average molecular weight is 1060 g/mol. The molecule has 0 radical (unpaired) electrons. The molecule has 6 N–H and O–H groups in total. The third-order valence-corrected chi connectivity index (χ3v) is 12.9. The fourth-order valence-corrected chi connectivity index (χ4v) is 8.65. The fraction of sp³-hybridized carbons (Fsp3) is 0.412. The first kappa shape index (κ1) is 62.7. The maximum atomic E-state index is 12.5. The van der Waals surface area contributed by atoms with Crippen LogP contribution in [-0.2, 0) is 40.5 Å². The van der Waals surface area contributed by atoms with E-state index in [-0.39, 0.29) is 215 Å². The summed E-state index contributed by atoms with van der Waals surface area (Å²) >= 11 is 0. The summed E-state index contributed by atoms with van der Waals surface area (Å²) in [6.45, 7) is 0.746. The van der Waals surface area contributed by atoms with Crippen molar-refractivity contribution in [3.63, 3.8) is 0 Å². The first-order valence-electron chi connectivity index (χ1n) is 19.1. The van der Waals surface area contributed by atoms with Gasteiger partial charge in [0.1, 0.15) is 20.2 Å². The van der Waals surface area contributed by atoms with Gasteiger partial charge >= 0.3 is 118 Å². The van der Waals surface area contributed by atoms with Crippen molar-refractivity contribution in [1.29, 1.82) is 0 Å². The molecule has 2 aromatic carbocycles. The average Bonchev–Trinajstić information content (AvgIpc) is 3.90. The normalized spacial score (nSPS) is 16.3. The van der Waals surface area contributed by atoms with Gasteiger partial charge in [0.2, 0.25) is 35.7 Å². The summed E-state index contributed by atoms with van der Waals surface area (Å²) in [5, 5.41) is 30.0. The minimum Gasteiger partial charge on any atom is -0.748 e. The molecular formula is C34H40N12Na4O14S4. The Labute approximate surface area is 481 Å². The Bertz CT molecular complexity index is 2670. The summed E-state index contributed by atoms with van der Waals surface area (Å²) in [6.07, 6.45) is 3.42. The van der Waals surface area contributed by atoms with Gasteiger partial charge in [-0.1, -0.05) is 24.3 Å². The molecule has 34 heteroatoms. The number of nitrogens with zero attached hydrogens (tertiary/aromatic N) is 8. The SMILES string of the molecule is O=S(=O)([O-])CCNc1nc(Nc2ccc(/C=C/c3ccc(Nc4nc(NCCS(=O)(=O)[O-])nc(N5CCC(CO)C5)n4)cc3S(=O)(=O)[O-])c(S(=O)(=O)[O-])c2)nc(N2CCC(CO)C2)n1.[Na+].[Na+].[Na+].[Na+]. The molecule has 2 unspecified atom stereocenters. The number of aliphatic hydroxyl groups excluding tert-OH is 2. The van der Waals surface area contributed by atoms with Crippen LogP contribution in [0.3, 0.4) is 0 Å². The second-order valence-corrected chi connectivity index (χ2v) is 20.2. The zero-order valence-electron chi connectivity index (χ0n) is 37.3. The Kier molecular flexibility index (Phi) is 24.9. The van der Waals surface area contributed by atoms with Crippen molar-refractivity contribution in [2.45, 2.75) is 22.6 Å². The van der Waals surface area contributed by atoms with Crippen molar-refractivity contribution in [3.8, 4) is 0 Å². The van der Waals surface area contributed by atoms with E-state index in [2.05, 4.69) is 51.2 Å². The number of aromatic nitrogens is 6. The van der Waals surface area contributed by atoms with E-state index in [0.717, 1.165) is 24.3 Å². The van der Waals surface area contributed by atoms with Gasteiger partial charge in [-0.3, -0.25) is 0 Å². The van der Waals surface area contributed by atoms with Crippen LogP contribution < -0.4 is 149 Å². The van der Waals surface area contributed by atoms with Crippen LogP contribution >= 0.6 is 0 Å². The van der Waals surface area contributed by atoms with Crippen LogP contribution in [0.1, 0.15) is 24.0 Å². The molecule has 26 nitrogen and oxygen atoms in total. The smallest absolute Gasteiger partial charge is 0.748 e. The maximum Gasteiger partial charge on any atom is 1.00 e. The van der Waals surface area contributed by atoms with Crippen LogP contribution in [0.15, 0.2) is 46.2 Å². The van der Waals surface area contributed by atoms with Gasteiger partial charge < -0.3 is 59.5 Å². The Morgan fingerprint density at radius 1 is 0.559 bits per heavy atom. The molecule has 0 saturated carbocycles. The van der Waals surface area contributed by atoms with E-state index in [4.69, 9.17) is 0 Å². The molecular weight excluding hydrogens is 1020 g/mol. The van der Waals surface area contributed by atoms with Crippen LogP contribution in [0, 0.1) is 11.8 Å². The third-order valence-electron chi connectivity index (χ3n) is 9.69. The van der Waals surface area contributed by atoms with Crippen LogP contribution in [0.2, 0.25) is 0 Å². The Morgan fingerprint density at radius 3 is 1.22 bits per heavy atom. The van der Waals surface area contributed by atoms with E-state index >= 15 is 0 Å². The van der Waals surface area contributed by atoms with E-state index in [1.54, 1.807) is 9.80 Å². The fourth-order valence-electron chi connectivity index (χ4n) is 6.55. The quantitative estimate of drug-likeness (QED) is 0.0272. The van der Waals surface area contributed by atoms with Gasteiger partial charge in [0.25, 0.3) is 0 Å². The summed E-state index contributed by atoms with van der Waals surface area (Å²) in [5.41, 5.74) is -0.458. The minimum atomic E-state index is -5.23. The van der Waals surface area contributed by atoms with Gasteiger partial charge in [-0.05, 0) is 48.2 Å². The summed E-state index contributed by atoms with van der Waals surface area (Å²) in [4.78, 5) is 27.5. The van der Waals surface area contributed by atoms with E-state index in [0.29, 0.717) is 39.0 Å². The van der Waals surface area contributed by atoms with Crippen molar-refractivity contribution in [2.24, 2.45) is 11.8 Å². The number of hydrogen-bond acceptors (Lipinski definition) is 26. The molecule has 2 aliphatic heterocycles. The molecule has 0 aliphatic carbocycles.